The average Bonchev–Trinajstić information content (AvgIpc) is 2.95. The van der Waals surface area contributed by atoms with Crippen LogP contribution in [0.2, 0.25) is 0 Å². The molecule has 108 valence electrons. The molecule has 0 saturated heterocycles. The lowest BCUT2D eigenvalue weighted by Gasteiger charge is -2.18. The van der Waals surface area contributed by atoms with E-state index in [0.29, 0.717) is 17.5 Å². The van der Waals surface area contributed by atoms with Crippen molar-refractivity contribution in [2.45, 2.75) is 39.9 Å². The molecule has 2 rings (SSSR count). The minimum Gasteiger partial charge on any atom is -0.453 e. The highest BCUT2D eigenvalue weighted by Gasteiger charge is 2.15. The van der Waals surface area contributed by atoms with Gasteiger partial charge in [-0.1, -0.05) is 0 Å². The molecule has 2 aromatic heterocycles. The van der Waals surface area contributed by atoms with Crippen molar-refractivity contribution in [1.29, 1.82) is 0 Å². The fraction of sp³-hybridized carbons (Fsp3) is 0.429. The molecule has 0 radical (unpaired) electrons. The van der Waals surface area contributed by atoms with Gasteiger partial charge in [0.25, 0.3) is 5.91 Å². The molecule has 2 heterocycles. The van der Waals surface area contributed by atoms with Gasteiger partial charge in [-0.3, -0.25) is 10.1 Å². The van der Waals surface area contributed by atoms with E-state index in [1.54, 1.807) is 12.1 Å². The maximum Gasteiger partial charge on any atom is 0.293 e. The Morgan fingerprint density at radius 1 is 1.45 bits per heavy atom. The summed E-state index contributed by atoms with van der Waals surface area (Å²) in [4.78, 5) is 16.1. The predicted molar refractivity (Wildman–Crippen MR) is 78.1 cm³/mol. The van der Waals surface area contributed by atoms with Gasteiger partial charge in [0.15, 0.2) is 10.9 Å². The summed E-state index contributed by atoms with van der Waals surface area (Å²) in [5.41, 5.74) is 0.636. The molecule has 0 unspecified atom stereocenters. The Labute approximate surface area is 122 Å². The molecule has 0 atom stereocenters. The Bertz CT molecular complexity index is 596. The van der Waals surface area contributed by atoms with Crippen LogP contribution in [0.1, 0.15) is 42.8 Å². The first-order valence-corrected chi connectivity index (χ1v) is 7.17. The summed E-state index contributed by atoms with van der Waals surface area (Å²) in [5.74, 6) is 0.576. The van der Waals surface area contributed by atoms with E-state index in [0.717, 1.165) is 5.69 Å². The Morgan fingerprint density at radius 3 is 2.80 bits per heavy atom. The molecular formula is C14H18N2O3S. The summed E-state index contributed by atoms with van der Waals surface area (Å²) in [6.45, 7) is 8.12. The molecule has 5 nitrogen and oxygen atoms in total. The van der Waals surface area contributed by atoms with Crippen LogP contribution in [0.3, 0.4) is 0 Å². The van der Waals surface area contributed by atoms with Gasteiger partial charge in [-0.25, -0.2) is 4.98 Å². The molecule has 0 fully saturated rings. The maximum atomic E-state index is 12.0. The molecule has 0 aliphatic heterocycles. The number of carbonyl (C=O) groups is 1. The zero-order valence-corrected chi connectivity index (χ0v) is 12.8. The Balaban J connectivity index is 1.96. The van der Waals surface area contributed by atoms with Gasteiger partial charge in [-0.2, -0.15) is 0 Å². The van der Waals surface area contributed by atoms with E-state index in [2.05, 4.69) is 10.3 Å². The standard InChI is InChI=1S/C14H18N2O3S/c1-9-8-20-13(15-9)16-12(17)11-6-5-10(19-11)7-18-14(2,3)4/h5-6,8H,7H2,1-4H3,(H,15,16,17). The van der Waals surface area contributed by atoms with Gasteiger partial charge >= 0.3 is 0 Å². The monoisotopic (exact) mass is 294 g/mol. The van der Waals surface area contributed by atoms with Crippen LogP contribution >= 0.6 is 11.3 Å². The van der Waals surface area contributed by atoms with E-state index in [-0.39, 0.29) is 17.3 Å². The summed E-state index contributed by atoms with van der Waals surface area (Å²) in [5, 5.41) is 5.14. The maximum absolute atomic E-state index is 12.0. The number of rotatable bonds is 4. The molecule has 1 amide bonds. The summed E-state index contributed by atoms with van der Waals surface area (Å²) < 4.78 is 11.1. The zero-order chi connectivity index (χ0) is 14.8. The highest BCUT2D eigenvalue weighted by molar-refractivity contribution is 7.13. The van der Waals surface area contributed by atoms with E-state index < -0.39 is 0 Å². The van der Waals surface area contributed by atoms with Crippen molar-refractivity contribution in [3.63, 3.8) is 0 Å². The van der Waals surface area contributed by atoms with E-state index in [1.165, 1.54) is 11.3 Å². The van der Waals surface area contributed by atoms with Crippen LogP contribution in [0.4, 0.5) is 5.13 Å². The van der Waals surface area contributed by atoms with Crippen molar-refractivity contribution in [3.05, 3.63) is 34.7 Å². The summed E-state index contributed by atoms with van der Waals surface area (Å²) in [6, 6.07) is 3.38. The quantitative estimate of drug-likeness (QED) is 0.935. The third-order valence-corrected chi connectivity index (χ3v) is 3.25. The first kappa shape index (κ1) is 14.7. The van der Waals surface area contributed by atoms with Crippen molar-refractivity contribution in [2.75, 3.05) is 5.32 Å². The Hall–Kier alpha value is -1.66. The number of hydrogen-bond donors (Lipinski definition) is 1. The third kappa shape index (κ3) is 4.18. The van der Waals surface area contributed by atoms with Crippen molar-refractivity contribution >= 4 is 22.4 Å². The van der Waals surface area contributed by atoms with E-state index in [9.17, 15) is 4.79 Å². The first-order valence-electron chi connectivity index (χ1n) is 6.30. The van der Waals surface area contributed by atoms with Gasteiger partial charge in [0.05, 0.1) is 11.3 Å². The van der Waals surface area contributed by atoms with Gasteiger partial charge in [-0.05, 0) is 39.8 Å². The average molecular weight is 294 g/mol. The third-order valence-electron chi connectivity index (χ3n) is 2.37. The molecular weight excluding hydrogens is 276 g/mol. The highest BCUT2D eigenvalue weighted by Crippen LogP contribution is 2.18. The fourth-order valence-electron chi connectivity index (χ4n) is 1.44. The van der Waals surface area contributed by atoms with Gasteiger partial charge in [0, 0.05) is 5.38 Å². The Kier molecular flexibility index (Phi) is 4.25. The van der Waals surface area contributed by atoms with E-state index >= 15 is 0 Å². The summed E-state index contributed by atoms with van der Waals surface area (Å²) in [6.07, 6.45) is 0. The van der Waals surface area contributed by atoms with Crippen molar-refractivity contribution in [2.24, 2.45) is 0 Å². The summed E-state index contributed by atoms with van der Waals surface area (Å²) in [7, 11) is 0. The molecule has 1 N–H and O–H groups in total. The van der Waals surface area contributed by atoms with Crippen LogP contribution in [0.5, 0.6) is 0 Å². The van der Waals surface area contributed by atoms with Crippen LogP contribution in [-0.4, -0.2) is 16.5 Å². The second-order valence-electron chi connectivity index (χ2n) is 5.42. The molecule has 0 spiro atoms. The van der Waals surface area contributed by atoms with Crippen LogP contribution < -0.4 is 5.32 Å². The number of aromatic nitrogens is 1. The molecule has 20 heavy (non-hydrogen) atoms. The number of nitrogens with zero attached hydrogens (tertiary/aromatic N) is 1. The lowest BCUT2D eigenvalue weighted by molar-refractivity contribution is -0.0225. The lowest BCUT2D eigenvalue weighted by atomic mass is 10.2. The molecule has 0 saturated carbocycles. The number of hydrogen-bond acceptors (Lipinski definition) is 5. The number of anilines is 1. The van der Waals surface area contributed by atoms with Crippen LogP contribution in [0.15, 0.2) is 21.9 Å². The molecule has 2 aromatic rings. The van der Waals surface area contributed by atoms with Crippen LogP contribution in [0.25, 0.3) is 0 Å². The van der Waals surface area contributed by atoms with Crippen LogP contribution in [0, 0.1) is 6.92 Å². The largest absolute Gasteiger partial charge is 0.453 e. The second-order valence-corrected chi connectivity index (χ2v) is 6.27. The van der Waals surface area contributed by atoms with Crippen molar-refractivity contribution < 1.29 is 13.9 Å². The van der Waals surface area contributed by atoms with Gasteiger partial charge in [-0.15, -0.1) is 11.3 Å². The number of furan rings is 1. The minimum atomic E-state index is -0.304. The summed E-state index contributed by atoms with van der Waals surface area (Å²) >= 11 is 1.38. The first-order chi connectivity index (χ1) is 9.33. The topological polar surface area (TPSA) is 64.4 Å². The second kappa shape index (κ2) is 5.76. The fourth-order valence-corrected chi connectivity index (χ4v) is 2.12. The number of thiazole rings is 1. The number of carbonyl (C=O) groups excluding carboxylic acids is 1. The SMILES string of the molecule is Cc1csc(NC(=O)c2ccc(COC(C)(C)C)o2)n1. The number of aryl methyl sites for hydroxylation is 1. The lowest BCUT2D eigenvalue weighted by Crippen LogP contribution is -2.18. The number of ether oxygens (including phenoxy) is 1. The van der Waals surface area contributed by atoms with E-state index in [4.69, 9.17) is 9.15 Å². The molecule has 0 aliphatic carbocycles. The molecule has 0 aromatic carbocycles. The molecule has 0 aliphatic rings. The number of nitrogens with one attached hydrogen (secondary N) is 1. The zero-order valence-electron chi connectivity index (χ0n) is 12.0. The molecule has 0 bridgehead atoms. The van der Waals surface area contributed by atoms with Gasteiger partial charge < -0.3 is 9.15 Å². The van der Waals surface area contributed by atoms with Gasteiger partial charge in [0.2, 0.25) is 0 Å². The minimum absolute atomic E-state index is 0.242. The van der Waals surface area contributed by atoms with Crippen molar-refractivity contribution in [1.82, 2.24) is 4.98 Å². The normalized spacial score (nSPS) is 11.6. The highest BCUT2D eigenvalue weighted by atomic mass is 32.1. The predicted octanol–water partition coefficient (Wildman–Crippen LogP) is 3.61. The van der Waals surface area contributed by atoms with Gasteiger partial charge in [0.1, 0.15) is 12.4 Å². The smallest absolute Gasteiger partial charge is 0.293 e. The molecule has 6 heteroatoms. The van der Waals surface area contributed by atoms with E-state index in [1.807, 2.05) is 33.1 Å². The number of amides is 1. The van der Waals surface area contributed by atoms with Crippen LogP contribution in [-0.2, 0) is 11.3 Å². The Morgan fingerprint density at radius 2 is 2.20 bits per heavy atom. The van der Waals surface area contributed by atoms with Crippen molar-refractivity contribution in [3.8, 4) is 0 Å².